The third-order valence-electron chi connectivity index (χ3n) is 3.38. The van der Waals surface area contributed by atoms with Crippen molar-refractivity contribution >= 4 is 5.97 Å². The molecule has 2 nitrogen and oxygen atoms in total. The highest BCUT2D eigenvalue weighted by Crippen LogP contribution is 2.37. The van der Waals surface area contributed by atoms with Crippen molar-refractivity contribution in [2.24, 2.45) is 5.92 Å². The van der Waals surface area contributed by atoms with Crippen LogP contribution in [0.4, 0.5) is 4.39 Å². The molecule has 1 aliphatic carbocycles. The summed E-state index contributed by atoms with van der Waals surface area (Å²) >= 11 is 0. The first-order valence-electron chi connectivity index (χ1n) is 5.67. The fourth-order valence-electron chi connectivity index (χ4n) is 2.54. The van der Waals surface area contributed by atoms with Gasteiger partial charge in [0.05, 0.1) is 5.92 Å². The molecule has 1 saturated carbocycles. The molecule has 16 heavy (non-hydrogen) atoms. The summed E-state index contributed by atoms with van der Waals surface area (Å²) in [5.41, 5.74) is 0.952. The first-order valence-corrected chi connectivity index (χ1v) is 5.67. The number of rotatable bonds is 2. The summed E-state index contributed by atoms with van der Waals surface area (Å²) in [4.78, 5) is 11.1. The monoisotopic (exact) mass is 222 g/mol. The van der Waals surface area contributed by atoms with Crippen LogP contribution >= 0.6 is 0 Å². The van der Waals surface area contributed by atoms with Crippen LogP contribution in [0.25, 0.3) is 0 Å². The van der Waals surface area contributed by atoms with Gasteiger partial charge in [-0.1, -0.05) is 25.0 Å². The van der Waals surface area contributed by atoms with Gasteiger partial charge in [0.1, 0.15) is 5.82 Å². The highest BCUT2D eigenvalue weighted by molar-refractivity contribution is 5.71. The van der Waals surface area contributed by atoms with Crippen molar-refractivity contribution in [3.8, 4) is 0 Å². The van der Waals surface area contributed by atoms with Crippen LogP contribution in [0.3, 0.4) is 0 Å². The van der Waals surface area contributed by atoms with Gasteiger partial charge in [0, 0.05) is 0 Å². The molecule has 0 radical (unpaired) electrons. The van der Waals surface area contributed by atoms with E-state index < -0.39 is 5.97 Å². The second kappa shape index (κ2) is 4.64. The topological polar surface area (TPSA) is 37.3 Å². The number of hydrogen-bond donors (Lipinski definition) is 1. The van der Waals surface area contributed by atoms with Crippen LogP contribution in [-0.2, 0) is 4.79 Å². The zero-order valence-corrected chi connectivity index (χ0v) is 9.03. The molecule has 86 valence electrons. The van der Waals surface area contributed by atoms with Crippen LogP contribution < -0.4 is 0 Å². The van der Waals surface area contributed by atoms with E-state index in [1.807, 2.05) is 0 Å². The molecule has 1 aromatic rings. The van der Waals surface area contributed by atoms with Crippen molar-refractivity contribution in [3.63, 3.8) is 0 Å². The molecule has 1 N–H and O–H groups in total. The number of halogens is 1. The van der Waals surface area contributed by atoms with Crippen molar-refractivity contribution < 1.29 is 14.3 Å². The lowest BCUT2D eigenvalue weighted by Gasteiger charge is -2.28. The van der Waals surface area contributed by atoms with Gasteiger partial charge in [0.15, 0.2) is 0 Å². The summed E-state index contributed by atoms with van der Waals surface area (Å²) in [6, 6.07) is 6.23. The number of benzene rings is 1. The lowest BCUT2D eigenvalue weighted by Crippen LogP contribution is -2.25. The average Bonchev–Trinajstić information content (AvgIpc) is 2.30. The van der Waals surface area contributed by atoms with Crippen molar-refractivity contribution in [3.05, 3.63) is 35.6 Å². The van der Waals surface area contributed by atoms with E-state index in [9.17, 15) is 9.18 Å². The molecule has 2 rings (SSSR count). The molecule has 1 fully saturated rings. The molecule has 0 bridgehead atoms. The van der Waals surface area contributed by atoms with Gasteiger partial charge >= 0.3 is 5.97 Å². The largest absolute Gasteiger partial charge is 0.481 e. The molecule has 0 heterocycles. The predicted molar refractivity (Wildman–Crippen MR) is 58.7 cm³/mol. The molecule has 1 aliphatic rings. The number of carboxylic acid groups (broad SMARTS) is 1. The molecule has 2 atom stereocenters. The second-order valence-electron chi connectivity index (χ2n) is 4.39. The van der Waals surface area contributed by atoms with E-state index in [2.05, 4.69) is 0 Å². The first kappa shape index (κ1) is 11.1. The van der Waals surface area contributed by atoms with Gasteiger partial charge in [-0.15, -0.1) is 0 Å². The molecule has 0 unspecified atom stereocenters. The van der Waals surface area contributed by atoms with Crippen LogP contribution in [0, 0.1) is 11.7 Å². The number of hydrogen-bond acceptors (Lipinski definition) is 1. The van der Waals surface area contributed by atoms with E-state index in [0.29, 0.717) is 0 Å². The maximum atomic E-state index is 12.8. The van der Waals surface area contributed by atoms with Crippen molar-refractivity contribution in [2.45, 2.75) is 31.6 Å². The van der Waals surface area contributed by atoms with Crippen molar-refractivity contribution in [1.29, 1.82) is 0 Å². The maximum absolute atomic E-state index is 12.8. The first-order chi connectivity index (χ1) is 7.68. The van der Waals surface area contributed by atoms with E-state index in [4.69, 9.17) is 5.11 Å². The Bertz CT molecular complexity index is 372. The summed E-state index contributed by atoms with van der Waals surface area (Å²) in [5, 5.41) is 9.15. The SMILES string of the molecule is O=C(O)[C@@H]1CCCC[C@H]1c1ccc(F)cc1. The van der Waals surface area contributed by atoms with Crippen molar-refractivity contribution in [2.75, 3.05) is 0 Å². The van der Waals surface area contributed by atoms with Gasteiger partial charge in [-0.3, -0.25) is 4.79 Å². The Labute approximate surface area is 94.1 Å². The van der Waals surface area contributed by atoms with Gasteiger partial charge in [-0.05, 0) is 36.5 Å². The van der Waals surface area contributed by atoms with Crippen LogP contribution in [0.5, 0.6) is 0 Å². The Hall–Kier alpha value is -1.38. The maximum Gasteiger partial charge on any atom is 0.307 e. The van der Waals surface area contributed by atoms with Crippen LogP contribution in [0.1, 0.15) is 37.2 Å². The minimum atomic E-state index is -0.728. The normalized spacial score (nSPS) is 25.3. The molecule has 0 aromatic heterocycles. The Morgan fingerprint density at radius 2 is 1.81 bits per heavy atom. The summed E-state index contributed by atoms with van der Waals surface area (Å²) in [7, 11) is 0. The highest BCUT2D eigenvalue weighted by Gasteiger charge is 2.31. The van der Waals surface area contributed by atoms with E-state index >= 15 is 0 Å². The minimum Gasteiger partial charge on any atom is -0.481 e. The quantitative estimate of drug-likeness (QED) is 0.834. The Morgan fingerprint density at radius 3 is 2.44 bits per heavy atom. The van der Waals surface area contributed by atoms with Crippen molar-refractivity contribution in [1.82, 2.24) is 0 Å². The van der Waals surface area contributed by atoms with Crippen LogP contribution in [0.15, 0.2) is 24.3 Å². The lowest BCUT2D eigenvalue weighted by atomic mass is 9.75. The zero-order valence-electron chi connectivity index (χ0n) is 9.03. The van der Waals surface area contributed by atoms with E-state index in [1.54, 1.807) is 12.1 Å². The van der Waals surface area contributed by atoms with E-state index in [-0.39, 0.29) is 17.7 Å². The Morgan fingerprint density at radius 1 is 1.19 bits per heavy atom. The lowest BCUT2D eigenvalue weighted by molar-refractivity contribution is -0.143. The van der Waals surface area contributed by atoms with Gasteiger partial charge in [0.2, 0.25) is 0 Å². The molecule has 1 aromatic carbocycles. The molecule has 0 amide bonds. The Balaban J connectivity index is 2.23. The number of aliphatic carboxylic acids is 1. The van der Waals surface area contributed by atoms with Crippen LogP contribution in [0.2, 0.25) is 0 Å². The van der Waals surface area contributed by atoms with Gasteiger partial charge in [-0.25, -0.2) is 4.39 Å². The summed E-state index contributed by atoms with van der Waals surface area (Å²) < 4.78 is 12.8. The minimum absolute atomic E-state index is 0.0480. The molecule has 0 aliphatic heterocycles. The number of carbonyl (C=O) groups is 1. The third kappa shape index (κ3) is 2.23. The zero-order chi connectivity index (χ0) is 11.5. The summed E-state index contributed by atoms with van der Waals surface area (Å²) in [5.74, 6) is -1.26. The number of carboxylic acids is 1. The van der Waals surface area contributed by atoms with Gasteiger partial charge in [0.25, 0.3) is 0 Å². The smallest absolute Gasteiger partial charge is 0.307 e. The van der Waals surface area contributed by atoms with Gasteiger partial charge < -0.3 is 5.11 Å². The highest BCUT2D eigenvalue weighted by atomic mass is 19.1. The predicted octanol–water partition coefficient (Wildman–Crippen LogP) is 3.18. The fraction of sp³-hybridized carbons (Fsp3) is 0.462. The van der Waals surface area contributed by atoms with E-state index in [1.165, 1.54) is 12.1 Å². The molecule has 0 saturated heterocycles. The second-order valence-corrected chi connectivity index (χ2v) is 4.39. The summed E-state index contributed by atoms with van der Waals surface area (Å²) in [6.07, 6.45) is 3.67. The standard InChI is InChI=1S/C13H15FO2/c14-10-7-5-9(6-8-10)11-3-1-2-4-12(11)13(15)16/h5-8,11-12H,1-4H2,(H,15,16)/t11-,12+/m0/s1. The molecule has 0 spiro atoms. The van der Waals surface area contributed by atoms with Gasteiger partial charge in [-0.2, -0.15) is 0 Å². The third-order valence-corrected chi connectivity index (χ3v) is 3.38. The summed E-state index contributed by atoms with van der Waals surface area (Å²) in [6.45, 7) is 0. The molecular formula is C13H15FO2. The Kier molecular flexibility index (Phi) is 3.22. The average molecular weight is 222 g/mol. The van der Waals surface area contributed by atoms with Crippen LogP contribution in [-0.4, -0.2) is 11.1 Å². The fourth-order valence-corrected chi connectivity index (χ4v) is 2.54. The van der Waals surface area contributed by atoms with E-state index in [0.717, 1.165) is 31.2 Å². The molecule has 3 heteroatoms. The molecular weight excluding hydrogens is 207 g/mol.